The van der Waals surface area contributed by atoms with Crippen LogP contribution in [-0.2, 0) is 26.2 Å². The normalized spacial score (nSPS) is 14.1. The Morgan fingerprint density at radius 2 is 1.72 bits per heavy atom. The number of amides is 2. The van der Waals surface area contributed by atoms with Gasteiger partial charge in [0.2, 0.25) is 21.8 Å². The molecule has 0 saturated carbocycles. The van der Waals surface area contributed by atoms with Crippen LogP contribution in [0.4, 0.5) is 5.69 Å². The van der Waals surface area contributed by atoms with Gasteiger partial charge in [0.1, 0.15) is 25.8 Å². The summed E-state index contributed by atoms with van der Waals surface area (Å²) in [5.41, 5.74) is 1.63. The van der Waals surface area contributed by atoms with Gasteiger partial charge in [-0.3, -0.25) is 13.9 Å². The molecule has 1 aliphatic heterocycles. The third-order valence-electron chi connectivity index (χ3n) is 5.59. The van der Waals surface area contributed by atoms with Crippen LogP contribution < -0.4 is 19.1 Å². The first-order chi connectivity index (χ1) is 16.7. The molecule has 0 aromatic heterocycles. The number of anilines is 1. The van der Waals surface area contributed by atoms with Gasteiger partial charge in [0.05, 0.1) is 11.9 Å². The Bertz CT molecular complexity index is 1220. The molecule has 3 rings (SSSR count). The predicted molar refractivity (Wildman–Crippen MR) is 139 cm³/mol. The van der Waals surface area contributed by atoms with Crippen LogP contribution in [-0.4, -0.2) is 62.7 Å². The molecule has 0 saturated heterocycles. The van der Waals surface area contributed by atoms with Crippen LogP contribution >= 0.6 is 0 Å². The van der Waals surface area contributed by atoms with E-state index in [1.54, 1.807) is 25.1 Å². The molecule has 0 radical (unpaired) electrons. The fourth-order valence-corrected chi connectivity index (χ4v) is 4.71. The van der Waals surface area contributed by atoms with E-state index in [0.29, 0.717) is 24.7 Å². The van der Waals surface area contributed by atoms with Crippen molar-refractivity contribution in [3.05, 3.63) is 53.6 Å². The Kier molecular flexibility index (Phi) is 8.18. The molecule has 1 aliphatic rings. The monoisotopic (exact) mass is 517 g/mol. The predicted octanol–water partition coefficient (Wildman–Crippen LogP) is 2.86. The van der Waals surface area contributed by atoms with Gasteiger partial charge in [0.15, 0.2) is 11.5 Å². The minimum Gasteiger partial charge on any atom is -0.486 e. The molecule has 1 N–H and O–H groups in total. The molecular weight excluding hydrogens is 482 g/mol. The third-order valence-corrected chi connectivity index (χ3v) is 6.73. The molecule has 2 amide bonds. The van der Waals surface area contributed by atoms with E-state index < -0.39 is 34.1 Å². The van der Waals surface area contributed by atoms with Crippen LogP contribution in [0.3, 0.4) is 0 Å². The zero-order valence-electron chi connectivity index (χ0n) is 21.7. The van der Waals surface area contributed by atoms with Crippen LogP contribution in [0.25, 0.3) is 0 Å². The van der Waals surface area contributed by atoms with Crippen LogP contribution in [0.5, 0.6) is 11.5 Å². The molecular formula is C26H35N3O6S. The minimum absolute atomic E-state index is 0.151. The summed E-state index contributed by atoms with van der Waals surface area (Å²) < 4.78 is 37.6. The van der Waals surface area contributed by atoms with E-state index >= 15 is 0 Å². The average molecular weight is 518 g/mol. The Morgan fingerprint density at radius 1 is 1.06 bits per heavy atom. The molecule has 0 bridgehead atoms. The molecule has 36 heavy (non-hydrogen) atoms. The van der Waals surface area contributed by atoms with Crippen molar-refractivity contribution in [2.24, 2.45) is 0 Å². The van der Waals surface area contributed by atoms with E-state index in [1.165, 1.54) is 4.90 Å². The van der Waals surface area contributed by atoms with E-state index in [0.717, 1.165) is 21.7 Å². The number of nitrogens with zero attached hydrogens (tertiary/aromatic N) is 2. The highest BCUT2D eigenvalue weighted by molar-refractivity contribution is 7.92. The molecule has 9 nitrogen and oxygen atoms in total. The summed E-state index contributed by atoms with van der Waals surface area (Å²) in [6.07, 6.45) is 1.04. The maximum absolute atomic E-state index is 13.6. The molecule has 1 atom stereocenters. The Labute approximate surface area is 213 Å². The zero-order valence-corrected chi connectivity index (χ0v) is 22.5. The van der Waals surface area contributed by atoms with E-state index in [2.05, 4.69) is 5.32 Å². The first-order valence-corrected chi connectivity index (χ1v) is 13.6. The van der Waals surface area contributed by atoms with Crippen LogP contribution in [0.15, 0.2) is 42.5 Å². The van der Waals surface area contributed by atoms with Gasteiger partial charge in [-0.1, -0.05) is 29.8 Å². The van der Waals surface area contributed by atoms with Crippen molar-refractivity contribution in [1.82, 2.24) is 10.2 Å². The number of benzene rings is 2. The lowest BCUT2D eigenvalue weighted by atomic mass is 10.1. The summed E-state index contributed by atoms with van der Waals surface area (Å²) in [5.74, 6) is 0.0924. The molecule has 1 heterocycles. The fraction of sp³-hybridized carbons (Fsp3) is 0.462. The van der Waals surface area contributed by atoms with Crippen molar-refractivity contribution in [3.63, 3.8) is 0 Å². The summed E-state index contributed by atoms with van der Waals surface area (Å²) in [5, 5.41) is 2.91. The number of ether oxygens (including phenoxy) is 2. The highest BCUT2D eigenvalue weighted by Crippen LogP contribution is 2.34. The Hall–Kier alpha value is -3.27. The lowest BCUT2D eigenvalue weighted by molar-refractivity contribution is -0.140. The number of aryl methyl sites for hydroxylation is 1. The van der Waals surface area contributed by atoms with E-state index in [9.17, 15) is 18.0 Å². The van der Waals surface area contributed by atoms with E-state index in [1.807, 2.05) is 52.0 Å². The van der Waals surface area contributed by atoms with Crippen LogP contribution in [0, 0.1) is 6.92 Å². The van der Waals surface area contributed by atoms with Crippen LogP contribution in [0.2, 0.25) is 0 Å². The second-order valence-electron chi connectivity index (χ2n) is 10.0. The number of nitrogens with one attached hydrogen (secondary N) is 1. The van der Waals surface area contributed by atoms with Gasteiger partial charge >= 0.3 is 0 Å². The maximum Gasteiger partial charge on any atom is 0.244 e. The number of hydrogen-bond donors (Lipinski definition) is 1. The lowest BCUT2D eigenvalue weighted by Crippen LogP contribution is -2.54. The number of hydrogen-bond acceptors (Lipinski definition) is 6. The maximum atomic E-state index is 13.6. The minimum atomic E-state index is -3.84. The molecule has 0 spiro atoms. The Balaban J connectivity index is 1.93. The summed E-state index contributed by atoms with van der Waals surface area (Å²) in [6.45, 7) is 9.59. The van der Waals surface area contributed by atoms with Gasteiger partial charge in [0.25, 0.3) is 0 Å². The molecule has 10 heteroatoms. The number of carbonyl (C=O) groups excluding carboxylic acids is 2. The number of rotatable bonds is 8. The number of sulfonamides is 1. The Morgan fingerprint density at radius 3 is 2.33 bits per heavy atom. The first kappa shape index (κ1) is 27.3. The third kappa shape index (κ3) is 7.13. The molecule has 0 aliphatic carbocycles. The first-order valence-electron chi connectivity index (χ1n) is 11.8. The van der Waals surface area contributed by atoms with Gasteiger partial charge in [0, 0.05) is 18.2 Å². The molecule has 2 aromatic carbocycles. The topological polar surface area (TPSA) is 105 Å². The van der Waals surface area contributed by atoms with Gasteiger partial charge in [-0.15, -0.1) is 0 Å². The fourth-order valence-electron chi connectivity index (χ4n) is 3.86. The summed E-state index contributed by atoms with van der Waals surface area (Å²) >= 11 is 0. The van der Waals surface area contributed by atoms with Crippen molar-refractivity contribution in [2.75, 3.05) is 30.3 Å². The van der Waals surface area contributed by atoms with Crippen molar-refractivity contribution in [3.8, 4) is 11.5 Å². The smallest absolute Gasteiger partial charge is 0.244 e. The van der Waals surface area contributed by atoms with Crippen molar-refractivity contribution < 1.29 is 27.5 Å². The average Bonchev–Trinajstić information content (AvgIpc) is 2.78. The second kappa shape index (κ2) is 10.8. The van der Waals surface area contributed by atoms with Gasteiger partial charge < -0.3 is 19.7 Å². The molecule has 0 unspecified atom stereocenters. The van der Waals surface area contributed by atoms with E-state index in [4.69, 9.17) is 9.47 Å². The van der Waals surface area contributed by atoms with Gasteiger partial charge in [-0.2, -0.15) is 0 Å². The summed E-state index contributed by atoms with van der Waals surface area (Å²) in [4.78, 5) is 28.1. The quantitative estimate of drug-likeness (QED) is 0.577. The van der Waals surface area contributed by atoms with Gasteiger partial charge in [-0.05, 0) is 52.3 Å². The highest BCUT2D eigenvalue weighted by atomic mass is 32.2. The second-order valence-corrected chi connectivity index (χ2v) is 11.9. The summed E-state index contributed by atoms with van der Waals surface area (Å²) in [7, 11) is -3.84. The molecule has 0 fully saturated rings. The number of carbonyl (C=O) groups is 2. The summed E-state index contributed by atoms with van der Waals surface area (Å²) in [6, 6.07) is 11.5. The van der Waals surface area contributed by atoms with Crippen LogP contribution in [0.1, 0.15) is 38.8 Å². The van der Waals surface area contributed by atoms with Crippen molar-refractivity contribution >= 4 is 27.5 Å². The van der Waals surface area contributed by atoms with Gasteiger partial charge in [-0.25, -0.2) is 8.42 Å². The van der Waals surface area contributed by atoms with Crippen molar-refractivity contribution in [1.29, 1.82) is 0 Å². The largest absolute Gasteiger partial charge is 0.486 e. The SMILES string of the molecule is Cc1cccc(CN(C(=O)CN(c2ccc3c(c2)OCCO3)S(C)(=O)=O)[C@@H](C)C(=O)NC(C)(C)C)c1. The molecule has 196 valence electrons. The zero-order chi connectivity index (χ0) is 26.7. The highest BCUT2D eigenvalue weighted by Gasteiger charge is 2.31. The van der Waals surface area contributed by atoms with Crippen molar-refractivity contribution in [2.45, 2.75) is 52.7 Å². The lowest BCUT2D eigenvalue weighted by Gasteiger charge is -2.33. The van der Waals surface area contributed by atoms with E-state index in [-0.39, 0.29) is 18.1 Å². The number of fused-ring (bicyclic) bond motifs is 1. The standard InChI is InChI=1S/C26H35N3O6S/c1-18-8-7-9-20(14-18)16-28(19(2)25(31)27-26(3,4)5)24(30)17-29(36(6,32)33)21-10-11-22-23(15-21)35-13-12-34-22/h7-11,14-15,19H,12-13,16-17H2,1-6H3,(H,27,31)/t19-/m0/s1. The molecule has 2 aromatic rings.